The molecule has 1 aliphatic heterocycles. The van der Waals surface area contributed by atoms with Crippen molar-refractivity contribution in [2.75, 3.05) is 17.0 Å². The average Bonchev–Trinajstić information content (AvgIpc) is 3.04. The van der Waals surface area contributed by atoms with Gasteiger partial charge in [0.25, 0.3) is 0 Å². The highest BCUT2D eigenvalue weighted by molar-refractivity contribution is 5.73. The quantitative estimate of drug-likeness (QED) is 0.706. The largest absolute Gasteiger partial charge is 0.290 e. The van der Waals surface area contributed by atoms with Gasteiger partial charge in [0.05, 0.1) is 11.4 Å². The lowest BCUT2D eigenvalue weighted by atomic mass is 10.1. The van der Waals surface area contributed by atoms with Crippen LogP contribution in [0, 0.1) is 13.8 Å². The Balaban J connectivity index is 1.92. The van der Waals surface area contributed by atoms with Crippen molar-refractivity contribution < 1.29 is 0 Å². The molecular formula is C20H22N4. The van der Waals surface area contributed by atoms with Crippen LogP contribution in [0.3, 0.4) is 0 Å². The average molecular weight is 318 g/mol. The molecule has 3 aromatic rings. The van der Waals surface area contributed by atoms with E-state index in [-0.39, 0.29) is 6.17 Å². The number of aryl methyl sites for hydroxylation is 2. The van der Waals surface area contributed by atoms with Gasteiger partial charge in [-0.15, -0.1) is 0 Å². The fourth-order valence-corrected chi connectivity index (χ4v) is 3.53. The van der Waals surface area contributed by atoms with E-state index in [4.69, 9.17) is 4.98 Å². The lowest BCUT2D eigenvalue weighted by molar-refractivity contribution is 0.624. The third-order valence-electron chi connectivity index (χ3n) is 4.88. The van der Waals surface area contributed by atoms with Gasteiger partial charge in [0.15, 0.2) is 0 Å². The summed E-state index contributed by atoms with van der Waals surface area (Å²) in [5, 5.41) is 2.25. The van der Waals surface area contributed by atoms with Crippen LogP contribution in [0.15, 0.2) is 54.6 Å². The number of benzene rings is 2. The van der Waals surface area contributed by atoms with Gasteiger partial charge in [0.2, 0.25) is 5.95 Å². The second kappa shape index (κ2) is 5.41. The molecule has 0 amide bonds. The van der Waals surface area contributed by atoms with E-state index in [1.165, 1.54) is 16.8 Å². The summed E-state index contributed by atoms with van der Waals surface area (Å²) in [6.45, 7) is 6.45. The number of para-hydroxylation sites is 1. The highest BCUT2D eigenvalue weighted by Gasteiger charge is 2.36. The van der Waals surface area contributed by atoms with Crippen molar-refractivity contribution in [2.24, 2.45) is 0 Å². The monoisotopic (exact) mass is 318 g/mol. The van der Waals surface area contributed by atoms with Gasteiger partial charge in [-0.25, -0.2) is 9.66 Å². The number of rotatable bonds is 2. The Morgan fingerprint density at radius 2 is 1.58 bits per heavy atom. The van der Waals surface area contributed by atoms with Gasteiger partial charge in [-0.2, -0.15) is 0 Å². The van der Waals surface area contributed by atoms with E-state index in [9.17, 15) is 0 Å². The molecular weight excluding hydrogens is 296 g/mol. The van der Waals surface area contributed by atoms with Gasteiger partial charge in [0.1, 0.15) is 6.17 Å². The minimum absolute atomic E-state index is 0.205. The SMILES string of the molecule is Cc1ccccc1N1c2nc(C)c(-c3ccccc3)n2N(C)[C@@H]1C. The zero-order chi connectivity index (χ0) is 16.8. The van der Waals surface area contributed by atoms with Gasteiger partial charge in [-0.3, -0.25) is 9.91 Å². The maximum Gasteiger partial charge on any atom is 0.231 e. The van der Waals surface area contributed by atoms with Gasteiger partial charge in [0, 0.05) is 18.3 Å². The molecule has 0 unspecified atom stereocenters. The highest BCUT2D eigenvalue weighted by Crippen LogP contribution is 2.39. The first-order valence-corrected chi connectivity index (χ1v) is 8.32. The lowest BCUT2D eigenvalue weighted by Crippen LogP contribution is -2.40. The fourth-order valence-electron chi connectivity index (χ4n) is 3.53. The summed E-state index contributed by atoms with van der Waals surface area (Å²) in [6, 6.07) is 19.0. The molecule has 4 rings (SSSR count). The van der Waals surface area contributed by atoms with Crippen LogP contribution in [0.2, 0.25) is 0 Å². The third kappa shape index (κ3) is 2.03. The maximum absolute atomic E-state index is 4.91. The topological polar surface area (TPSA) is 24.3 Å². The molecule has 4 heteroatoms. The Morgan fingerprint density at radius 3 is 2.29 bits per heavy atom. The first-order valence-electron chi connectivity index (χ1n) is 8.32. The molecule has 1 aliphatic rings. The standard InChI is InChI=1S/C20H22N4/c1-14-10-8-9-13-18(14)23-16(3)22(4)24-19(15(2)21-20(23)24)17-11-6-5-7-12-17/h5-13,16H,1-4H3/t16-/m0/s1. The molecule has 2 aromatic carbocycles. The maximum atomic E-state index is 4.91. The number of hydrogen-bond donors (Lipinski definition) is 0. The van der Waals surface area contributed by atoms with E-state index in [0.717, 1.165) is 17.3 Å². The molecule has 122 valence electrons. The van der Waals surface area contributed by atoms with E-state index in [1.54, 1.807) is 0 Å². The van der Waals surface area contributed by atoms with Crippen LogP contribution in [0.1, 0.15) is 18.2 Å². The number of fused-ring (bicyclic) bond motifs is 1. The predicted octanol–water partition coefficient (Wildman–Crippen LogP) is 4.23. The fraction of sp³-hybridized carbons (Fsp3) is 0.250. The van der Waals surface area contributed by atoms with Crippen LogP contribution in [-0.4, -0.2) is 22.9 Å². The van der Waals surface area contributed by atoms with Crippen LogP contribution in [0.5, 0.6) is 0 Å². The van der Waals surface area contributed by atoms with Gasteiger partial charge >= 0.3 is 0 Å². The van der Waals surface area contributed by atoms with E-state index < -0.39 is 0 Å². The molecule has 0 radical (unpaired) electrons. The summed E-state index contributed by atoms with van der Waals surface area (Å²) in [6.07, 6.45) is 0.205. The molecule has 0 saturated carbocycles. The summed E-state index contributed by atoms with van der Waals surface area (Å²) in [4.78, 5) is 7.23. The first-order chi connectivity index (χ1) is 11.6. The summed E-state index contributed by atoms with van der Waals surface area (Å²) in [5.41, 5.74) is 5.87. The van der Waals surface area contributed by atoms with Gasteiger partial charge < -0.3 is 0 Å². The molecule has 0 bridgehead atoms. The number of hydrogen-bond acceptors (Lipinski definition) is 3. The lowest BCUT2D eigenvalue weighted by Gasteiger charge is -2.27. The Hall–Kier alpha value is -2.75. The van der Waals surface area contributed by atoms with E-state index in [0.29, 0.717) is 0 Å². The number of aromatic nitrogens is 2. The third-order valence-corrected chi connectivity index (χ3v) is 4.88. The normalized spacial score (nSPS) is 16.6. The van der Waals surface area contributed by atoms with Crippen LogP contribution in [0.25, 0.3) is 11.3 Å². The number of imidazole rings is 1. The molecule has 0 fully saturated rings. The van der Waals surface area contributed by atoms with Crippen molar-refractivity contribution in [1.29, 1.82) is 0 Å². The van der Waals surface area contributed by atoms with Gasteiger partial charge in [-0.1, -0.05) is 48.5 Å². The van der Waals surface area contributed by atoms with Crippen LogP contribution < -0.4 is 9.91 Å². The molecule has 24 heavy (non-hydrogen) atoms. The van der Waals surface area contributed by atoms with Crippen molar-refractivity contribution in [2.45, 2.75) is 26.9 Å². The molecule has 0 N–H and O–H groups in total. The molecule has 1 aromatic heterocycles. The smallest absolute Gasteiger partial charge is 0.231 e. The molecule has 1 atom stereocenters. The minimum atomic E-state index is 0.205. The molecule has 0 saturated heterocycles. The Morgan fingerprint density at radius 1 is 0.917 bits per heavy atom. The Labute approximate surface area is 142 Å². The molecule has 0 spiro atoms. The van der Waals surface area contributed by atoms with Crippen molar-refractivity contribution in [1.82, 2.24) is 9.66 Å². The Kier molecular flexibility index (Phi) is 3.34. The predicted molar refractivity (Wildman–Crippen MR) is 99.3 cm³/mol. The summed E-state index contributed by atoms with van der Waals surface area (Å²) in [7, 11) is 2.12. The van der Waals surface area contributed by atoms with Crippen LogP contribution in [-0.2, 0) is 0 Å². The van der Waals surface area contributed by atoms with Gasteiger partial charge in [-0.05, 0) is 32.4 Å². The first kappa shape index (κ1) is 14.8. The second-order valence-corrected chi connectivity index (χ2v) is 6.39. The molecule has 0 aliphatic carbocycles. The Bertz CT molecular complexity index is 882. The number of nitrogens with zero attached hydrogens (tertiary/aromatic N) is 4. The van der Waals surface area contributed by atoms with Crippen molar-refractivity contribution in [3.05, 3.63) is 65.9 Å². The summed E-state index contributed by atoms with van der Waals surface area (Å²) < 4.78 is 2.24. The molecule has 2 heterocycles. The van der Waals surface area contributed by atoms with Crippen molar-refractivity contribution in [3.63, 3.8) is 0 Å². The van der Waals surface area contributed by atoms with E-state index in [1.807, 2.05) is 6.07 Å². The summed E-state index contributed by atoms with van der Waals surface area (Å²) >= 11 is 0. The molecule has 4 nitrogen and oxygen atoms in total. The number of anilines is 2. The van der Waals surface area contributed by atoms with E-state index >= 15 is 0 Å². The zero-order valence-electron chi connectivity index (χ0n) is 14.6. The highest BCUT2D eigenvalue weighted by atomic mass is 15.7. The van der Waals surface area contributed by atoms with Crippen molar-refractivity contribution in [3.8, 4) is 11.3 Å². The second-order valence-electron chi connectivity index (χ2n) is 6.39. The van der Waals surface area contributed by atoms with Crippen molar-refractivity contribution >= 4 is 11.6 Å². The van der Waals surface area contributed by atoms with E-state index in [2.05, 4.69) is 90.9 Å². The zero-order valence-corrected chi connectivity index (χ0v) is 14.6. The minimum Gasteiger partial charge on any atom is -0.290 e. The summed E-state index contributed by atoms with van der Waals surface area (Å²) in [5.74, 6) is 0.982. The van der Waals surface area contributed by atoms with Crippen LogP contribution in [0.4, 0.5) is 11.6 Å². The van der Waals surface area contributed by atoms with Crippen LogP contribution >= 0.6 is 0 Å².